The molecule has 0 saturated carbocycles. The minimum atomic E-state index is -0.886. The van der Waals surface area contributed by atoms with Gasteiger partial charge in [0, 0.05) is 5.75 Å². The van der Waals surface area contributed by atoms with Crippen molar-refractivity contribution in [3.8, 4) is 5.75 Å². The number of thioether (sulfide) groups is 1. The number of carboxylic acid groups (broad SMARTS) is 1. The molecule has 0 amide bonds. The molecule has 28 heavy (non-hydrogen) atoms. The maximum absolute atomic E-state index is 11.1. The predicted octanol–water partition coefficient (Wildman–Crippen LogP) is 5.31. The Morgan fingerprint density at radius 2 is 2.14 bits per heavy atom. The number of thiazole rings is 1. The van der Waals surface area contributed by atoms with Crippen molar-refractivity contribution < 1.29 is 14.6 Å². The first kappa shape index (κ1) is 20.6. The molecule has 1 unspecified atom stereocenters. The lowest BCUT2D eigenvalue weighted by Gasteiger charge is -2.04. The summed E-state index contributed by atoms with van der Waals surface area (Å²) in [6.07, 6.45) is 6.48. The first-order valence-electron chi connectivity index (χ1n) is 9.18. The second-order valence-electron chi connectivity index (χ2n) is 6.93. The highest BCUT2D eigenvalue weighted by atomic mass is 32.2. The Bertz CT molecular complexity index is 956. The van der Waals surface area contributed by atoms with Gasteiger partial charge < -0.3 is 9.84 Å². The van der Waals surface area contributed by atoms with E-state index in [0.717, 1.165) is 33.8 Å². The molecule has 0 bridgehead atoms. The molecule has 1 N–H and O–H groups in total. The molecular weight excluding hydrogens is 392 g/mol. The van der Waals surface area contributed by atoms with Crippen LogP contribution in [-0.2, 0) is 4.79 Å². The number of allylic oxidation sites excluding steroid dienone is 3. The first-order valence-corrected chi connectivity index (χ1v) is 11.0. The zero-order valence-electron chi connectivity index (χ0n) is 16.3. The number of ether oxygens (including phenoxy) is 1. The highest BCUT2D eigenvalue weighted by Gasteiger charge is 2.26. The lowest BCUT2D eigenvalue weighted by Crippen LogP contribution is -2.17. The Morgan fingerprint density at radius 3 is 2.86 bits per heavy atom. The van der Waals surface area contributed by atoms with Gasteiger partial charge >= 0.3 is 5.97 Å². The van der Waals surface area contributed by atoms with Crippen LogP contribution in [0, 0.1) is 0 Å². The molecule has 1 aliphatic rings. The Morgan fingerprint density at radius 1 is 1.32 bits per heavy atom. The van der Waals surface area contributed by atoms with Crippen molar-refractivity contribution in [2.45, 2.75) is 39.7 Å². The average molecular weight is 417 g/mol. The van der Waals surface area contributed by atoms with Crippen LogP contribution in [0.1, 0.15) is 38.6 Å². The topological polar surface area (TPSA) is 71.8 Å². The average Bonchev–Trinajstić information content (AvgIpc) is 3.28. The summed E-state index contributed by atoms with van der Waals surface area (Å²) in [5.41, 5.74) is 3.55. The van der Waals surface area contributed by atoms with E-state index in [2.05, 4.69) is 42.9 Å². The van der Waals surface area contributed by atoms with E-state index in [1.54, 1.807) is 0 Å². The second kappa shape index (κ2) is 9.39. The number of rotatable bonds is 8. The molecule has 0 spiro atoms. The molecule has 1 atom stereocenters. The number of fused-ring (bicyclic) bond motifs is 1. The third-order valence-corrected chi connectivity index (χ3v) is 6.46. The molecule has 1 aromatic heterocycles. The summed E-state index contributed by atoms with van der Waals surface area (Å²) in [6, 6.07) is 5.17. The van der Waals surface area contributed by atoms with Gasteiger partial charge in [-0.2, -0.15) is 0 Å². The van der Waals surface area contributed by atoms with Gasteiger partial charge in [-0.05, 0) is 57.9 Å². The van der Waals surface area contributed by atoms with Gasteiger partial charge in [0.2, 0.25) is 0 Å². The van der Waals surface area contributed by atoms with Crippen LogP contribution in [0.15, 0.2) is 46.5 Å². The number of aliphatic imine (C=N–C) groups is 1. The van der Waals surface area contributed by atoms with E-state index < -0.39 is 12.0 Å². The fraction of sp³-hybridized carbons (Fsp3) is 0.381. The van der Waals surface area contributed by atoms with Gasteiger partial charge in [0.1, 0.15) is 22.4 Å². The molecule has 1 aliphatic heterocycles. The molecule has 0 fully saturated rings. The number of carboxylic acids is 1. The summed E-state index contributed by atoms with van der Waals surface area (Å²) >= 11 is 2.97. The standard InChI is InChI=1S/C21H24N2O3S2/c1-13(2)5-4-6-14(3)9-10-26-15-7-8-16-18(11-15)28-20(22-16)19-23-17(12-27-19)21(24)25/h5,7-9,11,17H,4,6,10,12H2,1-3H3,(H,24,25). The van der Waals surface area contributed by atoms with E-state index in [1.807, 2.05) is 18.2 Å². The molecule has 2 heterocycles. The monoisotopic (exact) mass is 416 g/mol. The lowest BCUT2D eigenvalue weighted by molar-refractivity contribution is -0.137. The van der Waals surface area contributed by atoms with Crippen LogP contribution in [0.5, 0.6) is 5.75 Å². The lowest BCUT2D eigenvalue weighted by atomic mass is 10.1. The summed E-state index contributed by atoms with van der Waals surface area (Å²) in [7, 11) is 0. The Kier molecular flexibility index (Phi) is 6.91. The van der Waals surface area contributed by atoms with Gasteiger partial charge in [-0.1, -0.05) is 17.2 Å². The maximum Gasteiger partial charge on any atom is 0.329 e. The molecule has 1 aromatic carbocycles. The van der Waals surface area contributed by atoms with Gasteiger partial charge in [-0.25, -0.2) is 9.78 Å². The quantitative estimate of drug-likeness (QED) is 0.590. The molecule has 0 aliphatic carbocycles. The van der Waals surface area contributed by atoms with Crippen LogP contribution in [0.3, 0.4) is 0 Å². The Labute approximate surface area is 173 Å². The largest absolute Gasteiger partial charge is 0.489 e. The van der Waals surface area contributed by atoms with Crippen molar-refractivity contribution in [3.63, 3.8) is 0 Å². The third kappa shape index (κ3) is 5.45. The van der Waals surface area contributed by atoms with E-state index in [1.165, 1.54) is 34.2 Å². The number of benzene rings is 1. The zero-order valence-corrected chi connectivity index (χ0v) is 17.9. The van der Waals surface area contributed by atoms with E-state index in [0.29, 0.717) is 17.4 Å². The summed E-state index contributed by atoms with van der Waals surface area (Å²) < 4.78 is 6.88. The molecule has 5 nitrogen and oxygen atoms in total. The number of nitrogens with zero attached hydrogens (tertiary/aromatic N) is 2. The SMILES string of the molecule is CC(C)=CCCC(C)=CCOc1ccc2nc(C3=NC(C(=O)O)CS3)sc2c1. The summed E-state index contributed by atoms with van der Waals surface area (Å²) in [4.78, 5) is 19.9. The van der Waals surface area contributed by atoms with Crippen LogP contribution in [0.25, 0.3) is 10.2 Å². The summed E-state index contributed by atoms with van der Waals surface area (Å²) in [5, 5.41) is 10.6. The van der Waals surface area contributed by atoms with E-state index >= 15 is 0 Å². The Balaban J connectivity index is 1.62. The maximum atomic E-state index is 11.1. The van der Waals surface area contributed by atoms with Crippen molar-refractivity contribution >= 4 is 44.3 Å². The van der Waals surface area contributed by atoms with Crippen LogP contribution >= 0.6 is 23.1 Å². The molecule has 7 heteroatoms. The molecular formula is C21H24N2O3S2. The van der Waals surface area contributed by atoms with Crippen LogP contribution in [0.4, 0.5) is 0 Å². The highest BCUT2D eigenvalue weighted by molar-refractivity contribution is 8.15. The molecule has 0 saturated heterocycles. The van der Waals surface area contributed by atoms with Gasteiger partial charge in [0.05, 0.1) is 10.2 Å². The fourth-order valence-corrected chi connectivity index (χ4v) is 4.77. The van der Waals surface area contributed by atoms with Crippen molar-refractivity contribution in [3.05, 3.63) is 46.5 Å². The predicted molar refractivity (Wildman–Crippen MR) is 118 cm³/mol. The van der Waals surface area contributed by atoms with E-state index in [9.17, 15) is 4.79 Å². The molecule has 0 radical (unpaired) electrons. The van der Waals surface area contributed by atoms with Crippen molar-refractivity contribution in [1.29, 1.82) is 0 Å². The number of carbonyl (C=O) groups is 1. The summed E-state index contributed by atoms with van der Waals surface area (Å²) in [6.45, 7) is 6.91. The minimum Gasteiger partial charge on any atom is -0.489 e. The van der Waals surface area contributed by atoms with Crippen molar-refractivity contribution in [2.75, 3.05) is 12.4 Å². The molecule has 3 rings (SSSR count). The van der Waals surface area contributed by atoms with Gasteiger partial charge in [0.15, 0.2) is 6.04 Å². The van der Waals surface area contributed by atoms with E-state index in [-0.39, 0.29) is 0 Å². The van der Waals surface area contributed by atoms with E-state index in [4.69, 9.17) is 9.84 Å². The zero-order chi connectivity index (χ0) is 20.1. The van der Waals surface area contributed by atoms with Gasteiger partial charge in [0.25, 0.3) is 0 Å². The van der Waals surface area contributed by atoms with Crippen molar-refractivity contribution in [2.24, 2.45) is 4.99 Å². The van der Waals surface area contributed by atoms with Crippen LogP contribution in [-0.4, -0.2) is 39.5 Å². The van der Waals surface area contributed by atoms with Gasteiger partial charge in [-0.3, -0.25) is 4.99 Å². The number of hydrogen-bond donors (Lipinski definition) is 1. The number of aromatic nitrogens is 1. The normalized spacial score (nSPS) is 16.9. The third-order valence-electron chi connectivity index (χ3n) is 4.25. The smallest absolute Gasteiger partial charge is 0.329 e. The van der Waals surface area contributed by atoms with Gasteiger partial charge in [-0.15, -0.1) is 23.1 Å². The highest BCUT2D eigenvalue weighted by Crippen LogP contribution is 2.31. The Hall–Kier alpha value is -2.12. The second-order valence-corrected chi connectivity index (χ2v) is 8.97. The molecule has 148 valence electrons. The van der Waals surface area contributed by atoms with Crippen molar-refractivity contribution in [1.82, 2.24) is 4.98 Å². The number of aliphatic carboxylic acids is 1. The molecule has 2 aromatic rings. The summed E-state index contributed by atoms with van der Waals surface area (Å²) in [5.74, 6) is 0.387. The van der Waals surface area contributed by atoms with Crippen LogP contribution < -0.4 is 4.74 Å². The van der Waals surface area contributed by atoms with Crippen LogP contribution in [0.2, 0.25) is 0 Å². The first-order chi connectivity index (χ1) is 13.4. The fourth-order valence-electron chi connectivity index (χ4n) is 2.67. The number of hydrogen-bond acceptors (Lipinski definition) is 6. The minimum absolute atomic E-state index is 0.467.